The first-order chi connectivity index (χ1) is 16.2. The van der Waals surface area contributed by atoms with Gasteiger partial charge in [0, 0.05) is 38.0 Å². The van der Waals surface area contributed by atoms with Crippen LogP contribution in [0.15, 0.2) is 41.5 Å². The number of amides is 1. The molecule has 0 saturated heterocycles. The van der Waals surface area contributed by atoms with Crippen molar-refractivity contribution in [1.82, 2.24) is 19.4 Å². The minimum atomic E-state index is -2.90. The highest BCUT2D eigenvalue weighted by Crippen LogP contribution is 2.29. The fourth-order valence-electron chi connectivity index (χ4n) is 4.13. The number of carbonyl (C=O) groups excluding carboxylic acids is 1. The number of aryl methyl sites for hydroxylation is 2. The second kappa shape index (κ2) is 9.40. The number of rotatable bonds is 4. The molecule has 1 aliphatic heterocycles. The lowest BCUT2D eigenvalue weighted by Crippen LogP contribution is -2.32. The Bertz CT molecular complexity index is 1360. The predicted octanol–water partition coefficient (Wildman–Crippen LogP) is 4.65. The Labute approximate surface area is 195 Å². The maximum atomic E-state index is 14.7. The zero-order valence-corrected chi connectivity index (χ0v) is 19.5. The summed E-state index contributed by atoms with van der Waals surface area (Å²) in [6.07, 6.45) is 1.52. The van der Waals surface area contributed by atoms with Crippen LogP contribution in [0.4, 0.5) is 13.2 Å². The van der Waals surface area contributed by atoms with Crippen molar-refractivity contribution < 1.29 is 18.0 Å². The molecule has 3 heterocycles. The maximum Gasteiger partial charge on any atom is 0.266 e. The van der Waals surface area contributed by atoms with E-state index >= 15 is 0 Å². The highest BCUT2D eigenvalue weighted by molar-refractivity contribution is 5.82. The summed E-state index contributed by atoms with van der Waals surface area (Å²) in [6.45, 7) is 6.18. The highest BCUT2D eigenvalue weighted by atomic mass is 19.3. The van der Waals surface area contributed by atoms with Gasteiger partial charge < -0.3 is 9.47 Å². The number of halogens is 3. The number of benzene rings is 1. The van der Waals surface area contributed by atoms with Gasteiger partial charge in [0.05, 0.1) is 29.0 Å². The standard InChI is InChI=1S/C25H26F3N5O/c1-14(18-6-5-7-19(23(18)26)24(27)28)30-25-20-12-21(17-8-10-33(11-9-17)16(3)34)29-13-22(20)32(4)15(2)31-25/h5-8,12-14,24H,9-11H2,1-4H3/b30-25-. The molecule has 1 unspecified atom stereocenters. The Hall–Kier alpha value is -3.49. The number of hydrogen-bond acceptors (Lipinski definition) is 4. The van der Waals surface area contributed by atoms with Crippen LogP contribution in [0.5, 0.6) is 0 Å². The van der Waals surface area contributed by atoms with Crippen LogP contribution in [0.1, 0.15) is 55.4 Å². The van der Waals surface area contributed by atoms with Crippen molar-refractivity contribution in [2.45, 2.75) is 39.7 Å². The third kappa shape index (κ3) is 4.47. The van der Waals surface area contributed by atoms with Crippen molar-refractivity contribution in [3.63, 3.8) is 0 Å². The first-order valence-corrected chi connectivity index (χ1v) is 11.1. The molecular formula is C25H26F3N5O. The summed E-state index contributed by atoms with van der Waals surface area (Å²) in [5, 5.41) is 0.727. The van der Waals surface area contributed by atoms with Crippen LogP contribution >= 0.6 is 0 Å². The molecule has 1 aromatic carbocycles. The molecule has 0 radical (unpaired) electrons. The Kier molecular flexibility index (Phi) is 6.54. The summed E-state index contributed by atoms with van der Waals surface area (Å²) >= 11 is 0. The smallest absolute Gasteiger partial charge is 0.266 e. The van der Waals surface area contributed by atoms with Gasteiger partial charge in [-0.25, -0.2) is 18.2 Å². The minimum Gasteiger partial charge on any atom is -0.339 e. The zero-order chi connectivity index (χ0) is 24.6. The van der Waals surface area contributed by atoms with E-state index in [0.29, 0.717) is 30.8 Å². The lowest BCUT2D eigenvalue weighted by Gasteiger charge is -2.25. The van der Waals surface area contributed by atoms with Crippen LogP contribution < -0.4 is 5.49 Å². The summed E-state index contributed by atoms with van der Waals surface area (Å²) in [6, 6.07) is 5.13. The van der Waals surface area contributed by atoms with Gasteiger partial charge in [-0.3, -0.25) is 14.8 Å². The number of pyridine rings is 1. The third-order valence-electron chi connectivity index (χ3n) is 6.28. The molecule has 1 amide bonds. The van der Waals surface area contributed by atoms with E-state index in [4.69, 9.17) is 0 Å². The largest absolute Gasteiger partial charge is 0.339 e. The zero-order valence-electron chi connectivity index (χ0n) is 19.5. The van der Waals surface area contributed by atoms with E-state index in [0.717, 1.165) is 28.2 Å². The van der Waals surface area contributed by atoms with Crippen molar-refractivity contribution >= 4 is 22.4 Å². The van der Waals surface area contributed by atoms with Crippen LogP contribution in [-0.2, 0) is 11.8 Å². The summed E-state index contributed by atoms with van der Waals surface area (Å²) in [5.41, 5.74) is 2.43. The van der Waals surface area contributed by atoms with Crippen LogP contribution in [0.3, 0.4) is 0 Å². The van der Waals surface area contributed by atoms with E-state index in [1.54, 1.807) is 24.9 Å². The molecule has 0 bridgehead atoms. The number of alkyl halides is 2. The lowest BCUT2D eigenvalue weighted by molar-refractivity contribution is -0.128. The van der Waals surface area contributed by atoms with Crippen molar-refractivity contribution in [3.05, 3.63) is 70.5 Å². The normalized spacial score (nSPS) is 15.7. The summed E-state index contributed by atoms with van der Waals surface area (Å²) in [7, 11) is 1.87. The first kappa shape index (κ1) is 23.7. The van der Waals surface area contributed by atoms with Gasteiger partial charge >= 0.3 is 0 Å². The van der Waals surface area contributed by atoms with Gasteiger partial charge in [0.25, 0.3) is 6.43 Å². The van der Waals surface area contributed by atoms with E-state index in [9.17, 15) is 18.0 Å². The van der Waals surface area contributed by atoms with Crippen LogP contribution in [0.25, 0.3) is 16.5 Å². The monoisotopic (exact) mass is 469 g/mol. The van der Waals surface area contributed by atoms with E-state index in [2.05, 4.69) is 15.0 Å². The minimum absolute atomic E-state index is 0.0340. The van der Waals surface area contributed by atoms with E-state index < -0.39 is 23.8 Å². The molecule has 34 heavy (non-hydrogen) atoms. The molecule has 0 N–H and O–H groups in total. The predicted molar refractivity (Wildman–Crippen MR) is 123 cm³/mol. The maximum absolute atomic E-state index is 14.7. The summed E-state index contributed by atoms with van der Waals surface area (Å²) in [4.78, 5) is 27.2. The topological polar surface area (TPSA) is 63.4 Å². The van der Waals surface area contributed by atoms with Crippen LogP contribution in [0.2, 0.25) is 0 Å². The van der Waals surface area contributed by atoms with Gasteiger partial charge in [0.1, 0.15) is 11.6 Å². The molecule has 3 aromatic rings. The number of hydrogen-bond donors (Lipinski definition) is 0. The molecule has 1 atom stereocenters. The van der Waals surface area contributed by atoms with Gasteiger partial charge in [0.2, 0.25) is 5.91 Å². The molecule has 0 fully saturated rings. The second-order valence-electron chi connectivity index (χ2n) is 8.43. The van der Waals surface area contributed by atoms with Crippen molar-refractivity contribution in [3.8, 4) is 0 Å². The average molecular weight is 470 g/mol. The van der Waals surface area contributed by atoms with E-state index in [1.165, 1.54) is 12.1 Å². The Morgan fingerprint density at radius 1 is 1.24 bits per heavy atom. The molecule has 4 rings (SSSR count). The van der Waals surface area contributed by atoms with Crippen LogP contribution in [0, 0.1) is 12.7 Å². The molecule has 1 aliphatic rings. The Morgan fingerprint density at radius 3 is 2.62 bits per heavy atom. The van der Waals surface area contributed by atoms with Gasteiger partial charge in [-0.1, -0.05) is 24.3 Å². The first-order valence-electron chi connectivity index (χ1n) is 11.1. The molecule has 178 valence electrons. The summed E-state index contributed by atoms with van der Waals surface area (Å²) < 4.78 is 43.0. The number of fused-ring (bicyclic) bond motifs is 1. The van der Waals surface area contributed by atoms with Crippen molar-refractivity contribution in [2.75, 3.05) is 13.1 Å². The summed E-state index contributed by atoms with van der Waals surface area (Å²) in [5.74, 6) is -0.225. The lowest BCUT2D eigenvalue weighted by atomic mass is 10.0. The molecule has 0 spiro atoms. The highest BCUT2D eigenvalue weighted by Gasteiger charge is 2.20. The van der Waals surface area contributed by atoms with Gasteiger partial charge in [-0.15, -0.1) is 0 Å². The Morgan fingerprint density at radius 2 is 1.97 bits per heavy atom. The van der Waals surface area contributed by atoms with Gasteiger partial charge in [0.15, 0.2) is 5.49 Å². The number of nitrogens with zero attached hydrogens (tertiary/aromatic N) is 5. The van der Waals surface area contributed by atoms with Gasteiger partial charge in [-0.2, -0.15) is 0 Å². The van der Waals surface area contributed by atoms with E-state index in [1.807, 2.05) is 30.7 Å². The SMILES string of the molecule is CC(=O)N1CC=C(c2cc3/c(=N/C(C)c4cccc(C(F)F)c4F)nc(C)n(C)c3cn2)CC1. The van der Waals surface area contributed by atoms with Crippen molar-refractivity contribution in [2.24, 2.45) is 12.0 Å². The second-order valence-corrected chi connectivity index (χ2v) is 8.43. The molecule has 9 heteroatoms. The van der Waals surface area contributed by atoms with Crippen LogP contribution in [-0.4, -0.2) is 38.4 Å². The van der Waals surface area contributed by atoms with Gasteiger partial charge in [-0.05, 0) is 31.9 Å². The Balaban J connectivity index is 1.82. The number of aromatic nitrogens is 3. The number of carbonyl (C=O) groups is 1. The molecule has 6 nitrogen and oxygen atoms in total. The molecule has 0 aliphatic carbocycles. The molecule has 2 aromatic heterocycles. The molecule has 0 saturated carbocycles. The fraction of sp³-hybridized carbons (Fsp3) is 0.360. The fourth-order valence-corrected chi connectivity index (χ4v) is 4.13. The third-order valence-corrected chi connectivity index (χ3v) is 6.28. The quantitative estimate of drug-likeness (QED) is 0.559. The van der Waals surface area contributed by atoms with E-state index in [-0.39, 0.29) is 11.5 Å². The average Bonchev–Trinajstić information content (AvgIpc) is 2.82. The van der Waals surface area contributed by atoms with Crippen molar-refractivity contribution in [1.29, 1.82) is 0 Å². The molecular weight excluding hydrogens is 443 g/mol.